The van der Waals surface area contributed by atoms with E-state index in [1.165, 1.54) is 6.07 Å². The van der Waals surface area contributed by atoms with E-state index in [2.05, 4.69) is 5.32 Å². The Morgan fingerprint density at radius 1 is 1.35 bits per heavy atom. The summed E-state index contributed by atoms with van der Waals surface area (Å²) in [6.07, 6.45) is 0. The van der Waals surface area contributed by atoms with Gasteiger partial charge in [-0.3, -0.25) is 4.79 Å². The summed E-state index contributed by atoms with van der Waals surface area (Å²) in [7, 11) is -1.68. The van der Waals surface area contributed by atoms with E-state index in [4.69, 9.17) is 11.6 Å². The number of hydrogen-bond donors (Lipinski definition) is 3. The minimum atomic E-state index is -1.68. The molecular weight excluding hydrogens is 240 g/mol. The maximum absolute atomic E-state index is 11.8. The Balaban J connectivity index is 3.03. The molecule has 0 heterocycles. The van der Waals surface area contributed by atoms with Crippen molar-refractivity contribution in [2.24, 2.45) is 5.41 Å². The number of amides is 1. The minimum Gasteiger partial charge on any atom is -0.423 e. The van der Waals surface area contributed by atoms with Crippen molar-refractivity contribution in [3.8, 4) is 0 Å². The third kappa shape index (κ3) is 3.73. The van der Waals surface area contributed by atoms with Gasteiger partial charge in [0.1, 0.15) is 0 Å². The average Bonchev–Trinajstić information content (AvgIpc) is 2.18. The normalized spacial score (nSPS) is 11.2. The summed E-state index contributed by atoms with van der Waals surface area (Å²) >= 11 is 5.75. The van der Waals surface area contributed by atoms with Crippen LogP contribution in [0.15, 0.2) is 18.2 Å². The van der Waals surface area contributed by atoms with Gasteiger partial charge in [-0.2, -0.15) is 0 Å². The Bertz CT molecular complexity index is 429. The maximum Gasteiger partial charge on any atom is 0.490 e. The van der Waals surface area contributed by atoms with E-state index in [-0.39, 0.29) is 11.4 Å². The van der Waals surface area contributed by atoms with Crippen molar-refractivity contribution in [1.29, 1.82) is 0 Å². The SMILES string of the molecule is CC(C)(C)C(=O)Nc1ccc(Cl)cc1B(O)O. The van der Waals surface area contributed by atoms with Crippen molar-refractivity contribution in [3.05, 3.63) is 23.2 Å². The third-order valence-corrected chi connectivity index (χ3v) is 2.46. The first kappa shape index (κ1) is 14.0. The number of anilines is 1. The van der Waals surface area contributed by atoms with Gasteiger partial charge in [0.05, 0.1) is 0 Å². The molecule has 1 amide bonds. The summed E-state index contributed by atoms with van der Waals surface area (Å²) in [6.45, 7) is 5.31. The second-order valence-corrected chi connectivity index (χ2v) is 5.25. The first-order chi connectivity index (χ1) is 7.71. The Hall–Kier alpha value is -1.04. The molecule has 1 rings (SSSR count). The summed E-state index contributed by atoms with van der Waals surface area (Å²) in [5.74, 6) is -0.207. The molecule has 92 valence electrons. The molecule has 0 radical (unpaired) electrons. The van der Waals surface area contributed by atoms with Gasteiger partial charge in [-0.15, -0.1) is 0 Å². The number of halogens is 1. The molecule has 0 aliphatic heterocycles. The topological polar surface area (TPSA) is 69.6 Å². The molecule has 0 bridgehead atoms. The molecule has 0 aliphatic rings. The van der Waals surface area contributed by atoms with Crippen LogP contribution in [-0.2, 0) is 4.79 Å². The van der Waals surface area contributed by atoms with Crippen LogP contribution in [-0.4, -0.2) is 23.1 Å². The summed E-state index contributed by atoms with van der Waals surface area (Å²) < 4.78 is 0. The standard InChI is InChI=1S/C11H15BClNO3/c1-11(2,3)10(15)14-9-5-4-7(13)6-8(9)12(16)17/h4-6,16-17H,1-3H3,(H,14,15). The summed E-state index contributed by atoms with van der Waals surface area (Å²) in [6, 6.07) is 4.52. The van der Waals surface area contributed by atoms with Crippen LogP contribution in [0.4, 0.5) is 5.69 Å². The lowest BCUT2D eigenvalue weighted by Gasteiger charge is -2.19. The van der Waals surface area contributed by atoms with Crippen LogP contribution in [0.25, 0.3) is 0 Å². The number of rotatable bonds is 2. The minimum absolute atomic E-state index is 0.176. The highest BCUT2D eigenvalue weighted by Crippen LogP contribution is 2.18. The van der Waals surface area contributed by atoms with E-state index in [9.17, 15) is 14.8 Å². The Kier molecular flexibility index (Phi) is 4.19. The third-order valence-electron chi connectivity index (χ3n) is 2.22. The van der Waals surface area contributed by atoms with E-state index in [1.807, 2.05) is 0 Å². The first-order valence-electron chi connectivity index (χ1n) is 5.19. The number of hydrogen-bond acceptors (Lipinski definition) is 3. The van der Waals surface area contributed by atoms with Gasteiger partial charge in [0.15, 0.2) is 0 Å². The molecule has 0 fully saturated rings. The predicted molar refractivity (Wildman–Crippen MR) is 69.4 cm³/mol. The fourth-order valence-electron chi connectivity index (χ4n) is 1.17. The summed E-state index contributed by atoms with van der Waals surface area (Å²) in [5, 5.41) is 21.4. The molecule has 0 spiro atoms. The van der Waals surface area contributed by atoms with E-state index in [0.717, 1.165) is 0 Å². The zero-order valence-electron chi connectivity index (χ0n) is 9.99. The van der Waals surface area contributed by atoms with E-state index < -0.39 is 12.5 Å². The number of nitrogens with one attached hydrogen (secondary N) is 1. The predicted octanol–water partition coefficient (Wildman–Crippen LogP) is 1.00. The molecule has 4 nitrogen and oxygen atoms in total. The van der Waals surface area contributed by atoms with Gasteiger partial charge in [0.2, 0.25) is 5.91 Å². The lowest BCUT2D eigenvalue weighted by Crippen LogP contribution is -2.36. The molecule has 17 heavy (non-hydrogen) atoms. The van der Waals surface area contributed by atoms with Crippen LogP contribution in [0.5, 0.6) is 0 Å². The lowest BCUT2D eigenvalue weighted by atomic mass is 9.79. The van der Waals surface area contributed by atoms with Crippen LogP contribution >= 0.6 is 11.6 Å². The van der Waals surface area contributed by atoms with Crippen LogP contribution in [0.3, 0.4) is 0 Å². The quantitative estimate of drug-likeness (QED) is 0.691. The maximum atomic E-state index is 11.8. The van der Waals surface area contributed by atoms with Crippen molar-refractivity contribution in [2.75, 3.05) is 5.32 Å². The van der Waals surface area contributed by atoms with Crippen molar-refractivity contribution in [2.45, 2.75) is 20.8 Å². The molecule has 0 aromatic heterocycles. The van der Waals surface area contributed by atoms with Gasteiger partial charge in [0.25, 0.3) is 0 Å². The molecule has 0 unspecified atom stereocenters. The Labute approximate surface area is 106 Å². The van der Waals surface area contributed by atoms with Crippen LogP contribution in [0.1, 0.15) is 20.8 Å². The highest BCUT2D eigenvalue weighted by atomic mass is 35.5. The van der Waals surface area contributed by atoms with E-state index in [1.54, 1.807) is 32.9 Å². The zero-order valence-corrected chi connectivity index (χ0v) is 10.7. The molecular formula is C11H15BClNO3. The van der Waals surface area contributed by atoms with Gasteiger partial charge in [0, 0.05) is 21.6 Å². The summed E-state index contributed by atoms with van der Waals surface area (Å²) in [4.78, 5) is 11.8. The molecule has 0 saturated heterocycles. The molecule has 3 N–H and O–H groups in total. The fraction of sp³-hybridized carbons (Fsp3) is 0.364. The van der Waals surface area contributed by atoms with Gasteiger partial charge in [-0.05, 0) is 18.2 Å². The Morgan fingerprint density at radius 3 is 2.41 bits per heavy atom. The molecule has 0 aliphatic carbocycles. The van der Waals surface area contributed by atoms with Crippen molar-refractivity contribution >= 4 is 35.8 Å². The molecule has 6 heteroatoms. The zero-order chi connectivity index (χ0) is 13.2. The smallest absolute Gasteiger partial charge is 0.423 e. The van der Waals surface area contributed by atoms with Crippen LogP contribution < -0.4 is 10.8 Å². The highest BCUT2D eigenvalue weighted by Gasteiger charge is 2.24. The number of carbonyl (C=O) groups excluding carboxylic acids is 1. The molecule has 1 aromatic carbocycles. The lowest BCUT2D eigenvalue weighted by molar-refractivity contribution is -0.123. The Morgan fingerprint density at radius 2 is 1.94 bits per heavy atom. The molecule has 1 aromatic rings. The average molecular weight is 256 g/mol. The molecule has 0 saturated carbocycles. The van der Waals surface area contributed by atoms with Crippen LogP contribution in [0.2, 0.25) is 5.02 Å². The van der Waals surface area contributed by atoms with Gasteiger partial charge >= 0.3 is 7.12 Å². The number of carbonyl (C=O) groups is 1. The monoisotopic (exact) mass is 255 g/mol. The fourth-order valence-corrected chi connectivity index (χ4v) is 1.35. The van der Waals surface area contributed by atoms with E-state index >= 15 is 0 Å². The first-order valence-corrected chi connectivity index (χ1v) is 5.56. The van der Waals surface area contributed by atoms with Gasteiger partial charge in [-0.1, -0.05) is 32.4 Å². The second-order valence-electron chi connectivity index (χ2n) is 4.81. The number of benzene rings is 1. The molecule has 0 atom stereocenters. The largest absolute Gasteiger partial charge is 0.490 e. The van der Waals surface area contributed by atoms with Crippen molar-refractivity contribution in [1.82, 2.24) is 0 Å². The second kappa shape index (κ2) is 5.08. The van der Waals surface area contributed by atoms with Gasteiger partial charge < -0.3 is 15.4 Å². The summed E-state index contributed by atoms with van der Waals surface area (Å²) in [5.41, 5.74) is -0.0310. The van der Waals surface area contributed by atoms with Crippen molar-refractivity contribution in [3.63, 3.8) is 0 Å². The van der Waals surface area contributed by atoms with Crippen LogP contribution in [0, 0.1) is 5.41 Å². The highest BCUT2D eigenvalue weighted by molar-refractivity contribution is 6.61. The van der Waals surface area contributed by atoms with Gasteiger partial charge in [-0.25, -0.2) is 0 Å². The van der Waals surface area contributed by atoms with Crippen molar-refractivity contribution < 1.29 is 14.8 Å². The van der Waals surface area contributed by atoms with E-state index in [0.29, 0.717) is 10.7 Å².